The Labute approximate surface area is 201 Å². The van der Waals surface area contributed by atoms with Crippen LogP contribution in [0.25, 0.3) is 0 Å². The first-order valence-electron chi connectivity index (χ1n) is 11.4. The molecule has 0 aliphatic heterocycles. The van der Waals surface area contributed by atoms with E-state index in [1.54, 1.807) is 43.3 Å². The quantitative estimate of drug-likeness (QED) is 0.361. The lowest BCUT2D eigenvalue weighted by molar-refractivity contribution is -0.117. The van der Waals surface area contributed by atoms with Gasteiger partial charge < -0.3 is 25.4 Å². The first kappa shape index (κ1) is 27.3. The number of carbonyl (C=O) groups is 2. The van der Waals surface area contributed by atoms with Gasteiger partial charge in [0, 0.05) is 25.6 Å². The molecule has 0 aliphatic carbocycles. The van der Waals surface area contributed by atoms with Gasteiger partial charge in [0.05, 0.1) is 6.42 Å². The van der Waals surface area contributed by atoms with E-state index in [-0.39, 0.29) is 31.5 Å². The minimum absolute atomic E-state index is 0.0948. The molecule has 0 radical (unpaired) electrons. The molecule has 0 unspecified atom stereocenters. The van der Waals surface area contributed by atoms with Gasteiger partial charge in [-0.1, -0.05) is 24.3 Å². The average molecular weight is 473 g/mol. The normalized spacial score (nSPS) is 13.0. The summed E-state index contributed by atoms with van der Waals surface area (Å²) in [6, 6.07) is 14.3. The summed E-state index contributed by atoms with van der Waals surface area (Å²) in [4.78, 5) is 24.1. The summed E-state index contributed by atoms with van der Waals surface area (Å²) in [6.07, 6.45) is -0.942. The minimum atomic E-state index is -0.755. The van der Waals surface area contributed by atoms with Crippen molar-refractivity contribution in [2.24, 2.45) is 5.73 Å². The zero-order valence-corrected chi connectivity index (χ0v) is 20.1. The van der Waals surface area contributed by atoms with Crippen LogP contribution in [0.1, 0.15) is 31.9 Å². The van der Waals surface area contributed by atoms with E-state index >= 15 is 0 Å². The smallest absolute Gasteiger partial charge is 0.221 e. The number of ketones is 1. The number of primary amides is 1. The Bertz CT molecular complexity index is 827. The Hall–Kier alpha value is -2.94. The third-order valence-corrected chi connectivity index (χ3v) is 5.18. The van der Waals surface area contributed by atoms with Crippen molar-refractivity contribution >= 4 is 11.7 Å². The fourth-order valence-corrected chi connectivity index (χ4v) is 3.42. The van der Waals surface area contributed by atoms with Crippen molar-refractivity contribution in [3.8, 4) is 11.5 Å². The van der Waals surface area contributed by atoms with Gasteiger partial charge in [-0.15, -0.1) is 0 Å². The van der Waals surface area contributed by atoms with Crippen LogP contribution >= 0.6 is 0 Å². The zero-order valence-electron chi connectivity index (χ0n) is 20.1. The summed E-state index contributed by atoms with van der Waals surface area (Å²) >= 11 is 0. The molecule has 2 aromatic rings. The standard InChI is InChI=1S/C26H36N2O6/c1-18(2)28(14-22(30)16-33-24-8-4-20(5-9-24)12-19(3)29)15-23(31)17-34-25-10-6-21(7-11-25)13-26(27)32/h4-11,18,22-23,30-31H,12-17H2,1-3H3,(H2,27,32)/t22-,23-/m1/s1. The Morgan fingerprint density at radius 1 is 0.824 bits per heavy atom. The van der Waals surface area contributed by atoms with Gasteiger partial charge >= 0.3 is 0 Å². The lowest BCUT2D eigenvalue weighted by atomic mass is 10.1. The molecular weight excluding hydrogens is 436 g/mol. The largest absolute Gasteiger partial charge is 0.491 e. The van der Waals surface area contributed by atoms with E-state index in [2.05, 4.69) is 0 Å². The van der Waals surface area contributed by atoms with Crippen molar-refractivity contribution in [2.45, 2.75) is 51.9 Å². The molecule has 4 N–H and O–H groups in total. The summed E-state index contributed by atoms with van der Waals surface area (Å²) in [5, 5.41) is 20.9. The number of aliphatic hydroxyl groups is 2. The lowest BCUT2D eigenvalue weighted by Gasteiger charge is -2.30. The van der Waals surface area contributed by atoms with E-state index in [1.165, 1.54) is 0 Å². The van der Waals surface area contributed by atoms with Crippen molar-refractivity contribution in [2.75, 3.05) is 26.3 Å². The van der Waals surface area contributed by atoms with E-state index in [0.29, 0.717) is 31.0 Å². The van der Waals surface area contributed by atoms with Crippen LogP contribution in [0, 0.1) is 0 Å². The van der Waals surface area contributed by atoms with Crippen LogP contribution in [0.4, 0.5) is 0 Å². The molecule has 8 nitrogen and oxygen atoms in total. The van der Waals surface area contributed by atoms with Crippen LogP contribution in [0.3, 0.4) is 0 Å². The summed E-state index contributed by atoms with van der Waals surface area (Å²) in [7, 11) is 0. The molecule has 0 aliphatic rings. The fraction of sp³-hybridized carbons (Fsp3) is 0.462. The Kier molecular flexibility index (Phi) is 11.0. The van der Waals surface area contributed by atoms with E-state index in [9.17, 15) is 19.8 Å². The fourth-order valence-electron chi connectivity index (χ4n) is 3.42. The highest BCUT2D eigenvalue weighted by Gasteiger charge is 2.19. The van der Waals surface area contributed by atoms with Gasteiger partial charge in [0.15, 0.2) is 0 Å². The molecule has 0 fully saturated rings. The third kappa shape index (κ3) is 10.3. The first-order chi connectivity index (χ1) is 16.1. The first-order valence-corrected chi connectivity index (χ1v) is 11.4. The topological polar surface area (TPSA) is 122 Å². The number of Topliss-reactive ketones (excluding diaryl/α,β-unsaturated/α-hetero) is 1. The SMILES string of the molecule is CC(=O)Cc1ccc(OC[C@H](O)CN(C[C@@H](O)COc2ccc(CC(N)=O)cc2)C(C)C)cc1. The van der Waals surface area contributed by atoms with Gasteiger partial charge in [0.1, 0.15) is 42.7 Å². The van der Waals surface area contributed by atoms with Crippen LogP contribution in [0.15, 0.2) is 48.5 Å². The highest BCUT2D eigenvalue weighted by molar-refractivity contribution is 5.78. The van der Waals surface area contributed by atoms with Gasteiger partial charge in [-0.05, 0) is 56.2 Å². The van der Waals surface area contributed by atoms with Gasteiger partial charge in [-0.3, -0.25) is 14.5 Å². The maximum atomic E-state index is 11.2. The third-order valence-electron chi connectivity index (χ3n) is 5.18. The second-order valence-electron chi connectivity index (χ2n) is 8.79. The Balaban J connectivity index is 1.77. The van der Waals surface area contributed by atoms with Crippen molar-refractivity contribution in [3.05, 3.63) is 59.7 Å². The second-order valence-corrected chi connectivity index (χ2v) is 8.79. The van der Waals surface area contributed by atoms with Crippen molar-refractivity contribution in [1.29, 1.82) is 0 Å². The Morgan fingerprint density at radius 3 is 1.59 bits per heavy atom. The monoisotopic (exact) mass is 472 g/mol. The molecule has 0 saturated heterocycles. The molecule has 0 saturated carbocycles. The van der Waals surface area contributed by atoms with E-state index in [4.69, 9.17) is 15.2 Å². The highest BCUT2D eigenvalue weighted by atomic mass is 16.5. The number of rotatable bonds is 15. The molecule has 0 heterocycles. The van der Waals surface area contributed by atoms with Crippen molar-refractivity contribution in [1.82, 2.24) is 4.90 Å². The minimum Gasteiger partial charge on any atom is -0.491 e. The number of hydrogen-bond acceptors (Lipinski definition) is 7. The van der Waals surface area contributed by atoms with E-state index in [1.807, 2.05) is 30.9 Å². The average Bonchev–Trinajstić information content (AvgIpc) is 2.77. The summed E-state index contributed by atoms with van der Waals surface area (Å²) in [6.45, 7) is 6.40. The van der Waals surface area contributed by atoms with Crippen molar-refractivity contribution < 1.29 is 29.3 Å². The van der Waals surface area contributed by atoms with Crippen LogP contribution in [0.5, 0.6) is 11.5 Å². The highest BCUT2D eigenvalue weighted by Crippen LogP contribution is 2.15. The number of nitrogens with zero attached hydrogens (tertiary/aromatic N) is 1. The molecule has 0 bridgehead atoms. The predicted octanol–water partition coefficient (Wildman–Crippen LogP) is 1.74. The number of amides is 1. The molecule has 0 spiro atoms. The summed E-state index contributed by atoms with van der Waals surface area (Å²) < 4.78 is 11.3. The number of benzene rings is 2. The molecule has 2 atom stereocenters. The van der Waals surface area contributed by atoms with E-state index < -0.39 is 18.1 Å². The Morgan fingerprint density at radius 2 is 1.24 bits per heavy atom. The van der Waals surface area contributed by atoms with Gasteiger partial charge in [0.2, 0.25) is 5.91 Å². The lowest BCUT2D eigenvalue weighted by Crippen LogP contribution is -2.45. The van der Waals surface area contributed by atoms with Gasteiger partial charge in [-0.2, -0.15) is 0 Å². The number of aliphatic hydroxyl groups excluding tert-OH is 2. The molecule has 2 aromatic carbocycles. The zero-order chi connectivity index (χ0) is 25.1. The molecule has 1 amide bonds. The predicted molar refractivity (Wildman–Crippen MR) is 130 cm³/mol. The molecule has 8 heteroatoms. The molecule has 186 valence electrons. The van der Waals surface area contributed by atoms with Crippen LogP contribution in [-0.2, 0) is 22.4 Å². The number of carbonyl (C=O) groups excluding carboxylic acids is 2. The number of ether oxygens (including phenoxy) is 2. The summed E-state index contributed by atoms with van der Waals surface area (Å²) in [5.74, 6) is 0.917. The van der Waals surface area contributed by atoms with Crippen LogP contribution in [-0.4, -0.2) is 71.4 Å². The maximum Gasteiger partial charge on any atom is 0.221 e. The van der Waals surface area contributed by atoms with Crippen molar-refractivity contribution in [3.63, 3.8) is 0 Å². The number of nitrogens with two attached hydrogens (primary N) is 1. The van der Waals surface area contributed by atoms with Gasteiger partial charge in [-0.25, -0.2) is 0 Å². The van der Waals surface area contributed by atoms with E-state index in [0.717, 1.165) is 11.1 Å². The summed E-state index contributed by atoms with van der Waals surface area (Å²) in [5.41, 5.74) is 6.91. The number of hydrogen-bond donors (Lipinski definition) is 3. The van der Waals surface area contributed by atoms with Gasteiger partial charge in [0.25, 0.3) is 0 Å². The molecular formula is C26H36N2O6. The van der Waals surface area contributed by atoms with Crippen LogP contribution in [0.2, 0.25) is 0 Å². The maximum absolute atomic E-state index is 11.2. The molecule has 34 heavy (non-hydrogen) atoms. The molecule has 2 rings (SSSR count). The van der Waals surface area contributed by atoms with Crippen LogP contribution < -0.4 is 15.2 Å². The second kappa shape index (κ2) is 13.7. The molecule has 0 aromatic heterocycles.